The molecule has 2 aromatic carbocycles. The Kier molecular flexibility index (Phi) is 4.23. The maximum absolute atomic E-state index is 9.53. The summed E-state index contributed by atoms with van der Waals surface area (Å²) < 4.78 is 0. The minimum absolute atomic E-state index is 0.264. The van der Waals surface area contributed by atoms with Gasteiger partial charge in [0.2, 0.25) is 0 Å². The topological polar surface area (TPSA) is 26.7 Å². The van der Waals surface area contributed by atoms with E-state index in [-0.39, 0.29) is 6.04 Å². The van der Waals surface area contributed by atoms with E-state index in [4.69, 9.17) is 0 Å². The monoisotopic (exact) mass is 282 g/mol. The number of hydrogen-bond donors (Lipinski definition) is 1. The molecular weight excluding hydrogens is 260 g/mol. The van der Waals surface area contributed by atoms with Crippen LogP contribution in [0.1, 0.15) is 17.2 Å². The second-order valence-corrected chi connectivity index (χ2v) is 5.74. The summed E-state index contributed by atoms with van der Waals surface area (Å²) in [6.45, 7) is 4.33. The van der Waals surface area contributed by atoms with Crippen LogP contribution in [-0.4, -0.2) is 48.1 Å². The summed E-state index contributed by atoms with van der Waals surface area (Å²) in [7, 11) is 2.18. The van der Waals surface area contributed by atoms with Crippen LogP contribution in [0.5, 0.6) is 5.75 Å². The molecule has 0 spiro atoms. The zero-order chi connectivity index (χ0) is 14.7. The first-order chi connectivity index (χ1) is 10.2. The predicted molar refractivity (Wildman–Crippen MR) is 85.5 cm³/mol. The zero-order valence-corrected chi connectivity index (χ0v) is 12.4. The highest BCUT2D eigenvalue weighted by Gasteiger charge is 2.25. The number of nitrogens with zero attached hydrogens (tertiary/aromatic N) is 2. The molecular formula is C18H22N2O. The van der Waals surface area contributed by atoms with E-state index < -0.39 is 0 Å². The molecule has 3 heteroatoms. The van der Waals surface area contributed by atoms with Crippen molar-refractivity contribution >= 4 is 0 Å². The highest BCUT2D eigenvalue weighted by Crippen LogP contribution is 2.30. The number of benzene rings is 2. The van der Waals surface area contributed by atoms with Crippen molar-refractivity contribution in [3.05, 3.63) is 65.7 Å². The van der Waals surface area contributed by atoms with Gasteiger partial charge in [0.15, 0.2) is 0 Å². The Hall–Kier alpha value is -1.84. The average Bonchev–Trinajstić information content (AvgIpc) is 2.52. The minimum atomic E-state index is 0.264. The van der Waals surface area contributed by atoms with Gasteiger partial charge in [-0.15, -0.1) is 0 Å². The molecule has 1 N–H and O–H groups in total. The van der Waals surface area contributed by atoms with Gasteiger partial charge in [0, 0.05) is 26.2 Å². The van der Waals surface area contributed by atoms with E-state index in [1.807, 2.05) is 12.1 Å². The van der Waals surface area contributed by atoms with Crippen LogP contribution in [0.2, 0.25) is 0 Å². The Morgan fingerprint density at radius 3 is 2.00 bits per heavy atom. The van der Waals surface area contributed by atoms with Crippen molar-refractivity contribution in [2.75, 3.05) is 33.2 Å². The fraction of sp³-hybridized carbons (Fsp3) is 0.333. The van der Waals surface area contributed by atoms with Crippen molar-refractivity contribution in [3.8, 4) is 5.75 Å². The van der Waals surface area contributed by atoms with Crippen molar-refractivity contribution < 1.29 is 5.11 Å². The maximum atomic E-state index is 9.53. The number of aromatic hydroxyl groups is 1. The smallest absolute Gasteiger partial charge is 0.115 e. The van der Waals surface area contributed by atoms with E-state index in [9.17, 15) is 5.11 Å². The van der Waals surface area contributed by atoms with Gasteiger partial charge in [-0.2, -0.15) is 0 Å². The lowest BCUT2D eigenvalue weighted by molar-refractivity contribution is 0.127. The van der Waals surface area contributed by atoms with Crippen LogP contribution in [0.4, 0.5) is 0 Å². The number of rotatable bonds is 3. The molecule has 1 aliphatic heterocycles. The Bertz CT molecular complexity index is 560. The van der Waals surface area contributed by atoms with Gasteiger partial charge >= 0.3 is 0 Å². The largest absolute Gasteiger partial charge is 0.508 e. The number of likely N-dealkylation sites (N-methyl/N-ethyl adjacent to an activating group) is 1. The first-order valence-corrected chi connectivity index (χ1v) is 7.50. The van der Waals surface area contributed by atoms with Crippen LogP contribution in [-0.2, 0) is 0 Å². The summed E-state index contributed by atoms with van der Waals surface area (Å²) in [5.74, 6) is 0.323. The number of piperazine rings is 1. The van der Waals surface area contributed by atoms with E-state index in [1.165, 1.54) is 11.1 Å². The first-order valence-electron chi connectivity index (χ1n) is 7.50. The van der Waals surface area contributed by atoms with Gasteiger partial charge in [-0.1, -0.05) is 42.5 Å². The fourth-order valence-electron chi connectivity index (χ4n) is 2.99. The normalized spacial score (nSPS) is 18.5. The maximum Gasteiger partial charge on any atom is 0.115 e. The molecule has 0 aliphatic carbocycles. The summed E-state index contributed by atoms with van der Waals surface area (Å²) in [6, 6.07) is 18.5. The van der Waals surface area contributed by atoms with Gasteiger partial charge in [0.1, 0.15) is 5.75 Å². The third-order valence-electron chi connectivity index (χ3n) is 4.23. The number of phenolic OH excluding ortho intramolecular Hbond substituents is 1. The van der Waals surface area contributed by atoms with Gasteiger partial charge < -0.3 is 10.0 Å². The molecule has 3 rings (SSSR count). The molecule has 1 unspecified atom stereocenters. The van der Waals surface area contributed by atoms with Crippen LogP contribution < -0.4 is 0 Å². The Balaban J connectivity index is 1.93. The van der Waals surface area contributed by atoms with Gasteiger partial charge in [-0.3, -0.25) is 4.90 Å². The van der Waals surface area contributed by atoms with Gasteiger partial charge in [-0.25, -0.2) is 0 Å². The van der Waals surface area contributed by atoms with E-state index in [0.717, 1.165) is 26.2 Å². The molecule has 1 aliphatic rings. The van der Waals surface area contributed by atoms with Gasteiger partial charge in [0.25, 0.3) is 0 Å². The Labute approximate surface area is 126 Å². The molecule has 1 saturated heterocycles. The standard InChI is InChI=1S/C18H22N2O/c1-19-11-13-20(14-12-19)18(15-5-3-2-4-6-15)16-7-9-17(21)10-8-16/h2-10,18,21H,11-14H2,1H3. The first kappa shape index (κ1) is 14.1. The number of hydrogen-bond acceptors (Lipinski definition) is 3. The SMILES string of the molecule is CN1CCN(C(c2ccccc2)c2ccc(O)cc2)CC1. The second kappa shape index (κ2) is 6.29. The van der Waals surface area contributed by atoms with Crippen LogP contribution >= 0.6 is 0 Å². The Morgan fingerprint density at radius 1 is 0.810 bits per heavy atom. The van der Waals surface area contributed by atoms with E-state index in [1.54, 1.807) is 12.1 Å². The van der Waals surface area contributed by atoms with Crippen molar-refractivity contribution in [1.29, 1.82) is 0 Å². The van der Waals surface area contributed by atoms with Gasteiger partial charge in [-0.05, 0) is 30.3 Å². The quantitative estimate of drug-likeness (QED) is 0.937. The summed E-state index contributed by atoms with van der Waals surface area (Å²) >= 11 is 0. The number of phenols is 1. The Morgan fingerprint density at radius 2 is 1.38 bits per heavy atom. The lowest BCUT2D eigenvalue weighted by Crippen LogP contribution is -2.46. The lowest BCUT2D eigenvalue weighted by atomic mass is 9.96. The van der Waals surface area contributed by atoms with Crippen LogP contribution in [0, 0.1) is 0 Å². The van der Waals surface area contributed by atoms with Crippen LogP contribution in [0.3, 0.4) is 0 Å². The third-order valence-corrected chi connectivity index (χ3v) is 4.23. The highest BCUT2D eigenvalue weighted by atomic mass is 16.3. The molecule has 3 nitrogen and oxygen atoms in total. The predicted octanol–water partition coefficient (Wildman–Crippen LogP) is 2.73. The van der Waals surface area contributed by atoms with E-state index >= 15 is 0 Å². The molecule has 0 radical (unpaired) electrons. The summed E-state index contributed by atoms with van der Waals surface area (Å²) in [4.78, 5) is 4.90. The molecule has 2 aromatic rings. The fourth-order valence-corrected chi connectivity index (χ4v) is 2.99. The molecule has 0 amide bonds. The summed E-state index contributed by atoms with van der Waals surface area (Å²) in [5, 5.41) is 9.53. The van der Waals surface area contributed by atoms with Crippen molar-refractivity contribution in [2.24, 2.45) is 0 Å². The molecule has 0 aromatic heterocycles. The minimum Gasteiger partial charge on any atom is -0.508 e. The van der Waals surface area contributed by atoms with E-state index in [0.29, 0.717) is 5.75 Å². The molecule has 1 atom stereocenters. The molecule has 0 bridgehead atoms. The zero-order valence-electron chi connectivity index (χ0n) is 12.4. The average molecular weight is 282 g/mol. The summed E-state index contributed by atoms with van der Waals surface area (Å²) in [5.41, 5.74) is 2.55. The molecule has 21 heavy (non-hydrogen) atoms. The highest BCUT2D eigenvalue weighted by molar-refractivity contribution is 5.35. The summed E-state index contributed by atoms with van der Waals surface area (Å²) in [6.07, 6.45) is 0. The van der Waals surface area contributed by atoms with Crippen molar-refractivity contribution in [2.45, 2.75) is 6.04 Å². The molecule has 110 valence electrons. The lowest BCUT2D eigenvalue weighted by Gasteiger charge is -2.38. The van der Waals surface area contributed by atoms with Crippen molar-refractivity contribution in [1.82, 2.24) is 9.80 Å². The molecule has 0 saturated carbocycles. The van der Waals surface area contributed by atoms with E-state index in [2.05, 4.69) is 47.2 Å². The van der Waals surface area contributed by atoms with Crippen molar-refractivity contribution in [3.63, 3.8) is 0 Å². The molecule has 1 fully saturated rings. The molecule has 1 heterocycles. The van der Waals surface area contributed by atoms with Crippen LogP contribution in [0.15, 0.2) is 54.6 Å². The van der Waals surface area contributed by atoms with Crippen LogP contribution in [0.25, 0.3) is 0 Å². The third kappa shape index (κ3) is 3.26. The second-order valence-electron chi connectivity index (χ2n) is 5.74. The van der Waals surface area contributed by atoms with Gasteiger partial charge in [0.05, 0.1) is 6.04 Å².